The van der Waals surface area contributed by atoms with Crippen molar-refractivity contribution >= 4 is 5.91 Å². The van der Waals surface area contributed by atoms with Gasteiger partial charge in [-0.3, -0.25) is 4.79 Å². The predicted molar refractivity (Wildman–Crippen MR) is 80.7 cm³/mol. The third kappa shape index (κ3) is 4.20. The van der Waals surface area contributed by atoms with Crippen molar-refractivity contribution in [3.05, 3.63) is 47.5 Å². The maximum atomic E-state index is 12.0. The fraction of sp³-hybridized carbons (Fsp3) is 0.471. The first-order valence-electron chi connectivity index (χ1n) is 7.14. The van der Waals surface area contributed by atoms with Gasteiger partial charge >= 0.3 is 0 Å². The molecular formula is C17H23NO2. The standard InChI is InChI=1S/C17H23NO2/c1-12(2)11-20-9-8-18-17(19)16-10-15(16)14-6-4-13(3)5-7-14/h4-7,15-16H,1,8-11H2,2-3H3,(H,18,19)/t15-,16+/m0/s1. The van der Waals surface area contributed by atoms with Crippen molar-refractivity contribution in [2.24, 2.45) is 5.92 Å². The molecular weight excluding hydrogens is 250 g/mol. The molecule has 1 aliphatic carbocycles. The lowest BCUT2D eigenvalue weighted by atomic mass is 10.1. The minimum atomic E-state index is 0.138. The summed E-state index contributed by atoms with van der Waals surface area (Å²) in [5.41, 5.74) is 3.53. The molecule has 1 aliphatic rings. The van der Waals surface area contributed by atoms with E-state index in [2.05, 4.69) is 43.1 Å². The quantitative estimate of drug-likeness (QED) is 0.613. The molecule has 0 aliphatic heterocycles. The lowest BCUT2D eigenvalue weighted by molar-refractivity contribution is -0.122. The fourth-order valence-electron chi connectivity index (χ4n) is 2.29. The van der Waals surface area contributed by atoms with Crippen molar-refractivity contribution in [2.45, 2.75) is 26.2 Å². The van der Waals surface area contributed by atoms with E-state index in [1.165, 1.54) is 11.1 Å². The van der Waals surface area contributed by atoms with Crippen LogP contribution in [0.1, 0.15) is 30.4 Å². The molecule has 0 aromatic heterocycles. The summed E-state index contributed by atoms with van der Waals surface area (Å²) >= 11 is 0. The number of benzene rings is 1. The summed E-state index contributed by atoms with van der Waals surface area (Å²) in [5.74, 6) is 0.681. The van der Waals surface area contributed by atoms with Crippen LogP contribution in [0.3, 0.4) is 0 Å². The SMILES string of the molecule is C=C(C)COCCNC(=O)[C@@H]1C[C@H]1c1ccc(C)cc1. The van der Waals surface area contributed by atoms with Crippen LogP contribution < -0.4 is 5.32 Å². The van der Waals surface area contributed by atoms with Crippen LogP contribution >= 0.6 is 0 Å². The minimum absolute atomic E-state index is 0.138. The molecule has 3 heteroatoms. The molecule has 1 N–H and O–H groups in total. The summed E-state index contributed by atoms with van der Waals surface area (Å²) in [7, 11) is 0. The Balaban J connectivity index is 1.68. The largest absolute Gasteiger partial charge is 0.375 e. The van der Waals surface area contributed by atoms with E-state index in [1.54, 1.807) is 0 Å². The summed E-state index contributed by atoms with van der Waals surface area (Å²) in [6, 6.07) is 8.47. The summed E-state index contributed by atoms with van der Waals surface area (Å²) in [6.45, 7) is 9.44. The van der Waals surface area contributed by atoms with Gasteiger partial charge in [0.25, 0.3) is 0 Å². The van der Waals surface area contributed by atoms with Crippen LogP contribution in [-0.4, -0.2) is 25.7 Å². The molecule has 2 atom stereocenters. The number of carbonyl (C=O) groups is 1. The van der Waals surface area contributed by atoms with Gasteiger partial charge in [-0.15, -0.1) is 0 Å². The van der Waals surface area contributed by atoms with Crippen LogP contribution in [0.2, 0.25) is 0 Å². The molecule has 1 aromatic carbocycles. The molecule has 1 aromatic rings. The number of hydrogen-bond donors (Lipinski definition) is 1. The highest BCUT2D eigenvalue weighted by atomic mass is 16.5. The summed E-state index contributed by atoms with van der Waals surface area (Å²) in [4.78, 5) is 12.0. The Labute approximate surface area is 121 Å². The molecule has 2 rings (SSSR count). The molecule has 108 valence electrons. The van der Waals surface area contributed by atoms with Crippen molar-refractivity contribution in [1.82, 2.24) is 5.32 Å². The van der Waals surface area contributed by atoms with Gasteiger partial charge in [0.1, 0.15) is 0 Å². The van der Waals surface area contributed by atoms with Crippen LogP contribution in [0.5, 0.6) is 0 Å². The van der Waals surface area contributed by atoms with E-state index in [9.17, 15) is 4.79 Å². The first kappa shape index (κ1) is 14.8. The van der Waals surface area contributed by atoms with E-state index in [0.717, 1.165) is 12.0 Å². The Hall–Kier alpha value is -1.61. The van der Waals surface area contributed by atoms with E-state index in [-0.39, 0.29) is 11.8 Å². The molecule has 0 heterocycles. The Morgan fingerprint density at radius 1 is 1.40 bits per heavy atom. The van der Waals surface area contributed by atoms with Gasteiger partial charge in [0.2, 0.25) is 5.91 Å². The molecule has 1 saturated carbocycles. The van der Waals surface area contributed by atoms with Gasteiger partial charge in [-0.2, -0.15) is 0 Å². The second kappa shape index (κ2) is 6.71. The number of rotatable bonds is 7. The normalized spacial score (nSPS) is 20.5. The Kier molecular flexibility index (Phi) is 4.96. The van der Waals surface area contributed by atoms with Gasteiger partial charge in [0.15, 0.2) is 0 Å². The molecule has 20 heavy (non-hydrogen) atoms. The number of ether oxygens (including phenoxy) is 1. The average molecular weight is 273 g/mol. The first-order chi connectivity index (χ1) is 9.58. The van der Waals surface area contributed by atoms with Gasteiger partial charge in [0.05, 0.1) is 13.2 Å². The molecule has 0 unspecified atom stereocenters. The molecule has 1 fully saturated rings. The van der Waals surface area contributed by atoms with Crippen molar-refractivity contribution in [2.75, 3.05) is 19.8 Å². The maximum absolute atomic E-state index is 12.0. The van der Waals surface area contributed by atoms with Crippen LogP contribution in [0, 0.1) is 12.8 Å². The van der Waals surface area contributed by atoms with Crippen molar-refractivity contribution in [3.63, 3.8) is 0 Å². The third-order valence-electron chi connectivity index (χ3n) is 3.53. The van der Waals surface area contributed by atoms with Crippen molar-refractivity contribution in [1.29, 1.82) is 0 Å². The maximum Gasteiger partial charge on any atom is 0.223 e. The number of aryl methyl sites for hydroxylation is 1. The lowest BCUT2D eigenvalue weighted by Gasteiger charge is -2.06. The number of carbonyl (C=O) groups excluding carboxylic acids is 1. The Morgan fingerprint density at radius 3 is 2.75 bits per heavy atom. The smallest absolute Gasteiger partial charge is 0.223 e. The van der Waals surface area contributed by atoms with E-state index in [0.29, 0.717) is 25.7 Å². The molecule has 0 spiro atoms. The Bertz CT molecular complexity index is 478. The molecule has 3 nitrogen and oxygen atoms in total. The third-order valence-corrected chi connectivity index (χ3v) is 3.53. The second-order valence-electron chi connectivity index (χ2n) is 5.66. The predicted octanol–water partition coefficient (Wildman–Crippen LogP) is 2.81. The van der Waals surface area contributed by atoms with Gasteiger partial charge in [-0.1, -0.05) is 42.0 Å². The zero-order chi connectivity index (χ0) is 14.5. The molecule has 0 saturated heterocycles. The number of nitrogens with one attached hydrogen (secondary N) is 1. The topological polar surface area (TPSA) is 38.3 Å². The highest BCUT2D eigenvalue weighted by Gasteiger charge is 2.43. The zero-order valence-corrected chi connectivity index (χ0v) is 12.3. The number of hydrogen-bond acceptors (Lipinski definition) is 2. The average Bonchev–Trinajstić information content (AvgIpc) is 3.19. The van der Waals surface area contributed by atoms with Gasteiger partial charge < -0.3 is 10.1 Å². The number of amides is 1. The second-order valence-corrected chi connectivity index (χ2v) is 5.66. The molecule has 1 amide bonds. The van der Waals surface area contributed by atoms with Crippen molar-refractivity contribution in [3.8, 4) is 0 Å². The van der Waals surface area contributed by atoms with Crippen LogP contribution in [-0.2, 0) is 9.53 Å². The minimum Gasteiger partial charge on any atom is -0.375 e. The van der Waals surface area contributed by atoms with E-state index < -0.39 is 0 Å². The van der Waals surface area contributed by atoms with Gasteiger partial charge in [-0.05, 0) is 31.7 Å². The van der Waals surface area contributed by atoms with E-state index in [4.69, 9.17) is 4.74 Å². The molecule has 0 bridgehead atoms. The molecule has 0 radical (unpaired) electrons. The van der Waals surface area contributed by atoms with Crippen LogP contribution in [0.15, 0.2) is 36.4 Å². The first-order valence-corrected chi connectivity index (χ1v) is 7.14. The lowest BCUT2D eigenvalue weighted by Crippen LogP contribution is -2.29. The fourth-order valence-corrected chi connectivity index (χ4v) is 2.29. The van der Waals surface area contributed by atoms with Crippen molar-refractivity contribution < 1.29 is 9.53 Å². The Morgan fingerprint density at radius 2 is 2.10 bits per heavy atom. The monoisotopic (exact) mass is 273 g/mol. The van der Waals surface area contributed by atoms with Crippen LogP contribution in [0.4, 0.5) is 0 Å². The van der Waals surface area contributed by atoms with Crippen LogP contribution in [0.25, 0.3) is 0 Å². The van der Waals surface area contributed by atoms with E-state index in [1.807, 2.05) is 6.92 Å². The summed E-state index contributed by atoms with van der Waals surface area (Å²) in [6.07, 6.45) is 0.960. The highest BCUT2D eigenvalue weighted by molar-refractivity contribution is 5.82. The van der Waals surface area contributed by atoms with Gasteiger partial charge in [0, 0.05) is 12.5 Å². The highest BCUT2D eigenvalue weighted by Crippen LogP contribution is 2.47. The summed E-state index contributed by atoms with van der Waals surface area (Å²) < 4.78 is 5.36. The van der Waals surface area contributed by atoms with E-state index >= 15 is 0 Å². The zero-order valence-electron chi connectivity index (χ0n) is 12.3. The van der Waals surface area contributed by atoms with Gasteiger partial charge in [-0.25, -0.2) is 0 Å². The summed E-state index contributed by atoms with van der Waals surface area (Å²) in [5, 5.41) is 2.94.